The molecule has 0 bridgehead atoms. The fourth-order valence-electron chi connectivity index (χ4n) is 2.46. The van der Waals surface area contributed by atoms with Crippen LogP contribution in [-0.2, 0) is 6.42 Å². The van der Waals surface area contributed by atoms with Crippen LogP contribution in [-0.4, -0.2) is 11.5 Å². The second kappa shape index (κ2) is 5.74. The highest BCUT2D eigenvalue weighted by Crippen LogP contribution is 2.20. The number of aryl methyl sites for hydroxylation is 1. The largest absolute Gasteiger partial charge is 0.384 e. The smallest absolute Gasteiger partial charge is 0.0722 e. The number of fused-ring (bicyclic) bond motifs is 1. The van der Waals surface area contributed by atoms with Crippen molar-refractivity contribution in [2.75, 3.05) is 11.9 Å². The summed E-state index contributed by atoms with van der Waals surface area (Å²) in [5.74, 6) is 0. The molecule has 1 N–H and O–H groups in total. The highest BCUT2D eigenvalue weighted by Gasteiger charge is 2.00. The summed E-state index contributed by atoms with van der Waals surface area (Å²) in [5.41, 5.74) is 4.88. The van der Waals surface area contributed by atoms with Crippen LogP contribution in [0.4, 0.5) is 5.69 Å². The summed E-state index contributed by atoms with van der Waals surface area (Å²) in [6, 6.07) is 18.9. The lowest BCUT2D eigenvalue weighted by molar-refractivity contribution is 1.02. The molecule has 0 fully saturated rings. The summed E-state index contributed by atoms with van der Waals surface area (Å²) in [7, 11) is 0. The number of anilines is 1. The van der Waals surface area contributed by atoms with Crippen LogP contribution in [0.2, 0.25) is 0 Å². The summed E-state index contributed by atoms with van der Waals surface area (Å²) in [6.45, 7) is 3.06. The van der Waals surface area contributed by atoms with Gasteiger partial charge in [0, 0.05) is 23.8 Å². The fraction of sp³-hybridized carbons (Fsp3) is 0.167. The number of hydrogen-bond donors (Lipinski definition) is 1. The van der Waals surface area contributed by atoms with Crippen molar-refractivity contribution in [3.05, 3.63) is 71.9 Å². The number of para-hydroxylation sites is 1. The van der Waals surface area contributed by atoms with Crippen molar-refractivity contribution >= 4 is 16.6 Å². The summed E-state index contributed by atoms with van der Waals surface area (Å²) >= 11 is 0. The SMILES string of the molecule is Cc1cccc(CCNc2ccnc3ccccc23)c1. The van der Waals surface area contributed by atoms with Gasteiger partial charge in [0.15, 0.2) is 0 Å². The second-order valence-electron chi connectivity index (χ2n) is 5.04. The standard InChI is InChI=1S/C18H18N2/c1-14-5-4-6-15(13-14)9-11-19-18-10-12-20-17-8-3-2-7-16(17)18/h2-8,10,12-13H,9,11H2,1H3,(H,19,20). The van der Waals surface area contributed by atoms with Gasteiger partial charge in [-0.2, -0.15) is 0 Å². The van der Waals surface area contributed by atoms with Gasteiger partial charge >= 0.3 is 0 Å². The first-order chi connectivity index (χ1) is 9.83. The molecule has 2 aromatic carbocycles. The van der Waals surface area contributed by atoms with Gasteiger partial charge in [0.25, 0.3) is 0 Å². The molecule has 3 rings (SSSR count). The first kappa shape index (κ1) is 12.7. The predicted octanol–water partition coefficient (Wildman–Crippen LogP) is 4.20. The topological polar surface area (TPSA) is 24.9 Å². The van der Waals surface area contributed by atoms with Crippen molar-refractivity contribution in [3.8, 4) is 0 Å². The lowest BCUT2D eigenvalue weighted by atomic mass is 10.1. The Hall–Kier alpha value is -2.35. The van der Waals surface area contributed by atoms with Gasteiger partial charge in [-0.1, -0.05) is 48.0 Å². The van der Waals surface area contributed by atoms with E-state index < -0.39 is 0 Å². The molecule has 0 unspecified atom stereocenters. The average molecular weight is 262 g/mol. The van der Waals surface area contributed by atoms with Crippen LogP contribution in [0.1, 0.15) is 11.1 Å². The number of nitrogens with zero attached hydrogens (tertiary/aromatic N) is 1. The van der Waals surface area contributed by atoms with E-state index in [1.807, 2.05) is 24.4 Å². The predicted molar refractivity (Wildman–Crippen MR) is 85.1 cm³/mol. The van der Waals surface area contributed by atoms with E-state index in [1.54, 1.807) is 0 Å². The van der Waals surface area contributed by atoms with Crippen LogP contribution in [0, 0.1) is 6.92 Å². The van der Waals surface area contributed by atoms with Crippen LogP contribution in [0.15, 0.2) is 60.8 Å². The number of nitrogens with one attached hydrogen (secondary N) is 1. The Morgan fingerprint density at radius 1 is 1.00 bits per heavy atom. The highest BCUT2D eigenvalue weighted by molar-refractivity contribution is 5.90. The van der Waals surface area contributed by atoms with E-state index in [-0.39, 0.29) is 0 Å². The third-order valence-electron chi connectivity index (χ3n) is 3.46. The zero-order chi connectivity index (χ0) is 13.8. The van der Waals surface area contributed by atoms with Gasteiger partial charge in [-0.05, 0) is 31.0 Å². The minimum absolute atomic E-state index is 0.928. The van der Waals surface area contributed by atoms with E-state index in [1.165, 1.54) is 16.5 Å². The molecule has 2 nitrogen and oxygen atoms in total. The maximum Gasteiger partial charge on any atom is 0.0722 e. The van der Waals surface area contributed by atoms with Crippen LogP contribution in [0.25, 0.3) is 10.9 Å². The summed E-state index contributed by atoms with van der Waals surface area (Å²) in [6.07, 6.45) is 2.88. The van der Waals surface area contributed by atoms with Crippen molar-refractivity contribution in [3.63, 3.8) is 0 Å². The number of rotatable bonds is 4. The zero-order valence-electron chi connectivity index (χ0n) is 11.6. The molecule has 1 heterocycles. The van der Waals surface area contributed by atoms with Gasteiger partial charge < -0.3 is 5.32 Å². The van der Waals surface area contributed by atoms with Gasteiger partial charge in [-0.25, -0.2) is 0 Å². The molecule has 0 atom stereocenters. The Morgan fingerprint density at radius 3 is 2.80 bits per heavy atom. The maximum absolute atomic E-state index is 4.38. The molecular formula is C18H18N2. The van der Waals surface area contributed by atoms with Gasteiger partial charge in [-0.15, -0.1) is 0 Å². The number of pyridine rings is 1. The molecule has 0 aliphatic carbocycles. The van der Waals surface area contributed by atoms with E-state index in [9.17, 15) is 0 Å². The maximum atomic E-state index is 4.38. The summed E-state index contributed by atoms with van der Waals surface area (Å²) < 4.78 is 0. The van der Waals surface area contributed by atoms with E-state index in [2.05, 4.69) is 53.6 Å². The minimum Gasteiger partial charge on any atom is -0.384 e. The Morgan fingerprint density at radius 2 is 1.90 bits per heavy atom. The van der Waals surface area contributed by atoms with Crippen molar-refractivity contribution in [2.45, 2.75) is 13.3 Å². The molecule has 0 amide bonds. The lowest BCUT2D eigenvalue weighted by Crippen LogP contribution is -2.05. The molecule has 20 heavy (non-hydrogen) atoms. The molecule has 1 aromatic heterocycles. The summed E-state index contributed by atoms with van der Waals surface area (Å²) in [5, 5.41) is 4.70. The van der Waals surface area contributed by atoms with Gasteiger partial charge in [0.05, 0.1) is 5.52 Å². The normalized spacial score (nSPS) is 10.7. The molecule has 0 saturated heterocycles. The van der Waals surface area contributed by atoms with Crippen LogP contribution in [0.5, 0.6) is 0 Å². The monoisotopic (exact) mass is 262 g/mol. The lowest BCUT2D eigenvalue weighted by Gasteiger charge is -2.09. The molecule has 0 spiro atoms. The van der Waals surface area contributed by atoms with Gasteiger partial charge in [0.2, 0.25) is 0 Å². The van der Waals surface area contributed by atoms with E-state index in [0.29, 0.717) is 0 Å². The first-order valence-electron chi connectivity index (χ1n) is 6.96. The summed E-state index contributed by atoms with van der Waals surface area (Å²) in [4.78, 5) is 4.38. The van der Waals surface area contributed by atoms with Gasteiger partial charge in [0.1, 0.15) is 0 Å². The first-order valence-corrected chi connectivity index (χ1v) is 6.96. The quantitative estimate of drug-likeness (QED) is 0.762. The highest BCUT2D eigenvalue weighted by atomic mass is 14.9. The van der Waals surface area contributed by atoms with E-state index in [0.717, 1.165) is 24.2 Å². The van der Waals surface area contributed by atoms with Crippen LogP contribution < -0.4 is 5.32 Å². The Bertz CT molecular complexity index is 714. The number of hydrogen-bond acceptors (Lipinski definition) is 2. The van der Waals surface area contributed by atoms with Crippen molar-refractivity contribution in [1.82, 2.24) is 4.98 Å². The average Bonchev–Trinajstić information content (AvgIpc) is 2.48. The Labute approximate surface area is 119 Å². The molecule has 0 aliphatic rings. The zero-order valence-corrected chi connectivity index (χ0v) is 11.6. The van der Waals surface area contributed by atoms with E-state index in [4.69, 9.17) is 0 Å². The Balaban J connectivity index is 1.71. The third kappa shape index (κ3) is 2.80. The van der Waals surface area contributed by atoms with Crippen molar-refractivity contribution < 1.29 is 0 Å². The molecule has 0 radical (unpaired) electrons. The third-order valence-corrected chi connectivity index (χ3v) is 3.46. The Kier molecular flexibility index (Phi) is 3.64. The second-order valence-corrected chi connectivity index (χ2v) is 5.04. The van der Waals surface area contributed by atoms with Crippen LogP contribution in [0.3, 0.4) is 0 Å². The number of aromatic nitrogens is 1. The molecular weight excluding hydrogens is 244 g/mol. The molecule has 2 heteroatoms. The fourth-order valence-corrected chi connectivity index (χ4v) is 2.46. The van der Waals surface area contributed by atoms with E-state index >= 15 is 0 Å². The van der Waals surface area contributed by atoms with Gasteiger partial charge in [-0.3, -0.25) is 4.98 Å². The van der Waals surface area contributed by atoms with Crippen molar-refractivity contribution in [2.24, 2.45) is 0 Å². The minimum atomic E-state index is 0.928. The molecule has 0 saturated carbocycles. The van der Waals surface area contributed by atoms with Crippen LogP contribution >= 0.6 is 0 Å². The molecule has 0 aliphatic heterocycles. The van der Waals surface area contributed by atoms with Crippen molar-refractivity contribution in [1.29, 1.82) is 0 Å². The number of benzene rings is 2. The molecule has 3 aromatic rings. The molecule has 100 valence electrons.